The molecule has 0 aliphatic carbocycles. The molecule has 2 rings (SSSR count). The fourth-order valence-electron chi connectivity index (χ4n) is 3.34. The zero-order valence-corrected chi connectivity index (χ0v) is 26.6. The third-order valence-electron chi connectivity index (χ3n) is 5.43. The van der Waals surface area contributed by atoms with Gasteiger partial charge in [0.15, 0.2) is 0 Å². The highest BCUT2D eigenvalue weighted by atomic mass is 32.2. The molecule has 0 aliphatic rings. The van der Waals surface area contributed by atoms with E-state index in [4.69, 9.17) is 28.4 Å². The van der Waals surface area contributed by atoms with Crippen LogP contribution in [0.25, 0.3) is 12.2 Å². The molecule has 0 saturated heterocycles. The standard InChI is InChI=1S/C31H45NO10S/c1-31(2,3)42-30(33)32(4)28-12-8-26(9-13-28)6-7-27-10-14-29(15-11-27)40-24-22-38-20-18-36-16-17-37-19-21-39-23-25-41-43(5,34)35/h6-15H,16-25H2,1-5H3. The van der Waals surface area contributed by atoms with Gasteiger partial charge in [0.2, 0.25) is 0 Å². The number of hydrogen-bond donors (Lipinski definition) is 0. The van der Waals surface area contributed by atoms with E-state index >= 15 is 0 Å². The van der Waals surface area contributed by atoms with Gasteiger partial charge >= 0.3 is 6.09 Å². The summed E-state index contributed by atoms with van der Waals surface area (Å²) in [7, 11) is -1.74. The molecule has 0 radical (unpaired) electrons. The average Bonchev–Trinajstić information content (AvgIpc) is 2.95. The summed E-state index contributed by atoms with van der Waals surface area (Å²) in [6.07, 6.45) is 4.62. The van der Waals surface area contributed by atoms with Crippen molar-refractivity contribution >= 4 is 34.1 Å². The van der Waals surface area contributed by atoms with E-state index in [0.29, 0.717) is 52.9 Å². The Hall–Kier alpha value is -3.00. The highest BCUT2D eigenvalue weighted by molar-refractivity contribution is 7.85. The SMILES string of the molecule is CN(C(=O)OC(C)(C)C)c1ccc(C=Cc2ccc(OCCOCCOCCOCCOCCOS(C)(=O)=O)cc2)cc1. The number of ether oxygens (including phenoxy) is 6. The molecule has 0 aliphatic heterocycles. The topological polar surface area (TPSA) is 119 Å². The van der Waals surface area contributed by atoms with Crippen molar-refractivity contribution in [3.8, 4) is 5.75 Å². The van der Waals surface area contributed by atoms with Gasteiger partial charge in [-0.1, -0.05) is 36.4 Å². The second-order valence-corrected chi connectivity index (χ2v) is 12.0. The lowest BCUT2D eigenvalue weighted by molar-refractivity contribution is -0.00680. The van der Waals surface area contributed by atoms with Crippen LogP contribution in [0.4, 0.5) is 10.5 Å². The van der Waals surface area contributed by atoms with E-state index in [-0.39, 0.29) is 13.2 Å². The maximum atomic E-state index is 12.2. The first-order valence-electron chi connectivity index (χ1n) is 14.1. The molecular formula is C31H45NO10S. The Morgan fingerprint density at radius 3 is 1.56 bits per heavy atom. The van der Waals surface area contributed by atoms with E-state index in [1.54, 1.807) is 7.05 Å². The molecule has 0 unspecified atom stereocenters. The van der Waals surface area contributed by atoms with Crippen molar-refractivity contribution < 1.29 is 45.8 Å². The summed E-state index contributed by atoms with van der Waals surface area (Å²) in [6.45, 7) is 9.09. The third kappa shape index (κ3) is 17.6. The lowest BCUT2D eigenvalue weighted by Crippen LogP contribution is -2.34. The number of benzene rings is 2. The maximum absolute atomic E-state index is 12.2. The maximum Gasteiger partial charge on any atom is 0.414 e. The number of rotatable bonds is 20. The Morgan fingerprint density at radius 1 is 0.698 bits per heavy atom. The number of amides is 1. The van der Waals surface area contributed by atoms with Crippen LogP contribution in [0.1, 0.15) is 31.9 Å². The number of carbonyl (C=O) groups excluding carboxylic acids is 1. The molecule has 0 heterocycles. The second kappa shape index (κ2) is 19.3. The van der Waals surface area contributed by atoms with E-state index in [9.17, 15) is 13.2 Å². The van der Waals surface area contributed by atoms with E-state index in [2.05, 4.69) is 4.18 Å². The van der Waals surface area contributed by atoms with Crippen LogP contribution in [0.3, 0.4) is 0 Å². The molecule has 0 fully saturated rings. The van der Waals surface area contributed by atoms with E-state index in [1.165, 1.54) is 4.90 Å². The first-order valence-corrected chi connectivity index (χ1v) is 15.9. The Morgan fingerprint density at radius 2 is 1.12 bits per heavy atom. The van der Waals surface area contributed by atoms with Gasteiger partial charge in [0.25, 0.3) is 10.1 Å². The normalized spacial score (nSPS) is 12.0. The summed E-state index contributed by atoms with van der Waals surface area (Å²) in [5, 5.41) is 0. The quantitative estimate of drug-likeness (QED) is 0.117. The second-order valence-electron chi connectivity index (χ2n) is 10.4. The van der Waals surface area contributed by atoms with Gasteiger partial charge in [-0.3, -0.25) is 9.08 Å². The molecule has 43 heavy (non-hydrogen) atoms. The van der Waals surface area contributed by atoms with Gasteiger partial charge < -0.3 is 28.4 Å². The molecule has 0 atom stereocenters. The Labute approximate surface area is 255 Å². The monoisotopic (exact) mass is 623 g/mol. The minimum Gasteiger partial charge on any atom is -0.491 e. The molecule has 2 aromatic carbocycles. The minimum atomic E-state index is -3.43. The molecule has 1 amide bonds. The van der Waals surface area contributed by atoms with Gasteiger partial charge in [-0.05, 0) is 56.2 Å². The van der Waals surface area contributed by atoms with Crippen molar-refractivity contribution in [2.75, 3.05) is 84.3 Å². The zero-order valence-electron chi connectivity index (χ0n) is 25.8. The molecule has 12 heteroatoms. The number of anilines is 1. The van der Waals surface area contributed by atoms with Crippen molar-refractivity contribution in [2.24, 2.45) is 0 Å². The summed E-state index contributed by atoms with van der Waals surface area (Å²) in [5.41, 5.74) is 2.26. The van der Waals surface area contributed by atoms with Crippen LogP contribution in [0.2, 0.25) is 0 Å². The molecular weight excluding hydrogens is 578 g/mol. The van der Waals surface area contributed by atoms with Crippen molar-refractivity contribution in [3.63, 3.8) is 0 Å². The van der Waals surface area contributed by atoms with Crippen LogP contribution >= 0.6 is 0 Å². The van der Waals surface area contributed by atoms with Gasteiger partial charge in [0.1, 0.15) is 18.0 Å². The van der Waals surface area contributed by atoms with Crippen LogP contribution in [0, 0.1) is 0 Å². The minimum absolute atomic E-state index is 0.00605. The largest absolute Gasteiger partial charge is 0.491 e. The first-order chi connectivity index (χ1) is 20.4. The van der Waals surface area contributed by atoms with Crippen molar-refractivity contribution in [2.45, 2.75) is 26.4 Å². The van der Waals surface area contributed by atoms with Gasteiger partial charge in [0, 0.05) is 12.7 Å². The fourth-order valence-corrected chi connectivity index (χ4v) is 3.71. The zero-order chi connectivity index (χ0) is 31.6. The molecule has 11 nitrogen and oxygen atoms in total. The lowest BCUT2D eigenvalue weighted by Gasteiger charge is -2.24. The lowest BCUT2D eigenvalue weighted by atomic mass is 10.1. The predicted octanol–water partition coefficient (Wildman–Crippen LogP) is 4.65. The van der Waals surface area contributed by atoms with Crippen molar-refractivity contribution in [3.05, 3.63) is 59.7 Å². The van der Waals surface area contributed by atoms with E-state index < -0.39 is 21.8 Å². The molecule has 0 bridgehead atoms. The van der Waals surface area contributed by atoms with Gasteiger partial charge in [-0.15, -0.1) is 0 Å². The van der Waals surface area contributed by atoms with E-state index in [0.717, 1.165) is 28.8 Å². The van der Waals surface area contributed by atoms with Crippen LogP contribution in [0.5, 0.6) is 5.75 Å². The number of carbonyl (C=O) groups is 1. The molecule has 0 aromatic heterocycles. The van der Waals surface area contributed by atoms with Gasteiger partial charge in [0.05, 0.1) is 65.7 Å². The molecule has 0 saturated carbocycles. The summed E-state index contributed by atoms with van der Waals surface area (Å²) < 4.78 is 58.8. The van der Waals surface area contributed by atoms with Crippen molar-refractivity contribution in [1.82, 2.24) is 0 Å². The first kappa shape index (κ1) is 36.2. The summed E-state index contributed by atoms with van der Waals surface area (Å²) in [6, 6.07) is 15.5. The smallest absolute Gasteiger partial charge is 0.414 e. The summed E-state index contributed by atoms with van der Waals surface area (Å²) in [5.74, 6) is 0.760. The number of nitrogens with zero attached hydrogens (tertiary/aromatic N) is 1. The summed E-state index contributed by atoms with van der Waals surface area (Å²) >= 11 is 0. The van der Waals surface area contributed by atoms with Crippen LogP contribution in [-0.4, -0.2) is 99.5 Å². The third-order valence-corrected chi connectivity index (χ3v) is 6.03. The Bertz CT molecular complexity index is 1190. The highest BCUT2D eigenvalue weighted by Crippen LogP contribution is 2.19. The van der Waals surface area contributed by atoms with Crippen molar-refractivity contribution in [1.29, 1.82) is 0 Å². The fraction of sp³-hybridized carbons (Fsp3) is 0.516. The molecule has 0 spiro atoms. The van der Waals surface area contributed by atoms with Crippen LogP contribution in [0.15, 0.2) is 48.5 Å². The summed E-state index contributed by atoms with van der Waals surface area (Å²) in [4.78, 5) is 13.7. The molecule has 2 aromatic rings. The molecule has 0 N–H and O–H groups in total. The number of hydrogen-bond acceptors (Lipinski definition) is 10. The highest BCUT2D eigenvalue weighted by Gasteiger charge is 2.20. The van der Waals surface area contributed by atoms with Crippen LogP contribution in [-0.2, 0) is 38.0 Å². The molecule has 240 valence electrons. The average molecular weight is 624 g/mol. The van der Waals surface area contributed by atoms with E-state index in [1.807, 2.05) is 81.5 Å². The predicted molar refractivity (Wildman–Crippen MR) is 166 cm³/mol. The van der Waals surface area contributed by atoms with Crippen LogP contribution < -0.4 is 9.64 Å². The van der Waals surface area contributed by atoms with Gasteiger partial charge in [-0.2, -0.15) is 8.42 Å². The van der Waals surface area contributed by atoms with Gasteiger partial charge in [-0.25, -0.2) is 4.79 Å². The Balaban J connectivity index is 1.51. The Kier molecular flexibility index (Phi) is 16.3.